The summed E-state index contributed by atoms with van der Waals surface area (Å²) in [7, 11) is 0. The van der Waals surface area contributed by atoms with E-state index >= 15 is 0 Å². The zero-order valence-corrected chi connectivity index (χ0v) is 14.0. The van der Waals surface area contributed by atoms with Gasteiger partial charge in [0.05, 0.1) is 0 Å². The summed E-state index contributed by atoms with van der Waals surface area (Å²) in [6, 6.07) is 5.90. The molecule has 0 radical (unpaired) electrons. The first-order valence-electron chi connectivity index (χ1n) is 8.66. The average molecular weight is 347 g/mol. The van der Waals surface area contributed by atoms with Crippen LogP contribution in [0.5, 0.6) is 0 Å². The molecule has 25 heavy (non-hydrogen) atoms. The Morgan fingerprint density at radius 2 is 1.96 bits per heavy atom. The van der Waals surface area contributed by atoms with E-state index in [0.29, 0.717) is 24.8 Å². The number of hydrogen-bond acceptors (Lipinski definition) is 3. The Labute approximate surface area is 145 Å². The topological polar surface area (TPSA) is 78.5 Å². The lowest BCUT2D eigenvalue weighted by atomic mass is 9.98. The van der Waals surface area contributed by atoms with Crippen molar-refractivity contribution in [1.82, 2.24) is 15.5 Å². The van der Waals surface area contributed by atoms with Gasteiger partial charge in [0.15, 0.2) is 0 Å². The fraction of sp³-hybridized carbons (Fsp3) is 0.500. The van der Waals surface area contributed by atoms with Gasteiger partial charge in [0, 0.05) is 25.1 Å². The Hall–Kier alpha value is -2.44. The van der Waals surface area contributed by atoms with Crippen molar-refractivity contribution in [3.05, 3.63) is 35.6 Å². The molecule has 134 valence electrons. The molecule has 0 aromatic heterocycles. The van der Waals surface area contributed by atoms with Crippen molar-refractivity contribution in [3.63, 3.8) is 0 Å². The maximum absolute atomic E-state index is 13.5. The van der Waals surface area contributed by atoms with E-state index in [1.165, 1.54) is 11.0 Å². The third-order valence-corrected chi connectivity index (χ3v) is 4.92. The second kappa shape index (κ2) is 7.21. The number of nitrogens with one attached hydrogen (secondary N) is 2. The molecular formula is C18H22FN3O3. The van der Waals surface area contributed by atoms with Gasteiger partial charge in [-0.2, -0.15) is 0 Å². The molecule has 2 N–H and O–H groups in total. The molecule has 0 bridgehead atoms. The van der Waals surface area contributed by atoms with Gasteiger partial charge in [-0.25, -0.2) is 9.18 Å². The van der Waals surface area contributed by atoms with Gasteiger partial charge in [0.25, 0.3) is 5.91 Å². The molecule has 1 saturated carbocycles. The lowest BCUT2D eigenvalue weighted by Crippen LogP contribution is -2.44. The molecule has 1 spiro atoms. The lowest BCUT2D eigenvalue weighted by molar-refractivity contribution is -0.131. The summed E-state index contributed by atoms with van der Waals surface area (Å²) in [6.45, 7) is 0.345. The van der Waals surface area contributed by atoms with Crippen molar-refractivity contribution in [2.24, 2.45) is 0 Å². The second-order valence-corrected chi connectivity index (χ2v) is 6.65. The lowest BCUT2D eigenvalue weighted by Gasteiger charge is -2.19. The van der Waals surface area contributed by atoms with Crippen molar-refractivity contribution in [1.29, 1.82) is 0 Å². The fourth-order valence-corrected chi connectivity index (χ4v) is 3.52. The molecule has 1 heterocycles. The van der Waals surface area contributed by atoms with Gasteiger partial charge in [0.1, 0.15) is 11.4 Å². The van der Waals surface area contributed by atoms with E-state index in [0.717, 1.165) is 12.8 Å². The molecule has 6 nitrogen and oxygen atoms in total. The number of halogens is 1. The Morgan fingerprint density at radius 1 is 1.24 bits per heavy atom. The van der Waals surface area contributed by atoms with Crippen molar-refractivity contribution in [2.45, 2.75) is 50.6 Å². The molecule has 2 aliphatic rings. The summed E-state index contributed by atoms with van der Waals surface area (Å²) < 4.78 is 13.5. The van der Waals surface area contributed by atoms with Crippen LogP contribution in [0.4, 0.5) is 9.18 Å². The van der Waals surface area contributed by atoms with Gasteiger partial charge >= 0.3 is 6.03 Å². The van der Waals surface area contributed by atoms with Gasteiger partial charge in [-0.15, -0.1) is 0 Å². The Kier molecular flexibility index (Phi) is 5.01. The first-order valence-corrected chi connectivity index (χ1v) is 8.66. The van der Waals surface area contributed by atoms with Crippen molar-refractivity contribution in [2.75, 3.05) is 6.54 Å². The minimum Gasteiger partial charge on any atom is -0.352 e. The van der Waals surface area contributed by atoms with Crippen LogP contribution in [0.3, 0.4) is 0 Å². The largest absolute Gasteiger partial charge is 0.352 e. The van der Waals surface area contributed by atoms with Crippen LogP contribution in [0.1, 0.15) is 44.1 Å². The molecule has 2 fully saturated rings. The van der Waals surface area contributed by atoms with Crippen molar-refractivity contribution >= 4 is 17.8 Å². The summed E-state index contributed by atoms with van der Waals surface area (Å²) >= 11 is 0. The van der Waals surface area contributed by atoms with Crippen LogP contribution < -0.4 is 10.6 Å². The molecule has 1 aromatic rings. The molecule has 0 unspecified atom stereocenters. The van der Waals surface area contributed by atoms with Gasteiger partial charge in [-0.3, -0.25) is 14.5 Å². The minimum absolute atomic E-state index is 0.123. The van der Waals surface area contributed by atoms with E-state index in [-0.39, 0.29) is 43.2 Å². The Morgan fingerprint density at radius 3 is 2.68 bits per heavy atom. The predicted molar refractivity (Wildman–Crippen MR) is 88.9 cm³/mol. The molecule has 4 amide bonds. The van der Waals surface area contributed by atoms with E-state index < -0.39 is 5.54 Å². The number of benzene rings is 1. The van der Waals surface area contributed by atoms with Crippen LogP contribution in [-0.2, 0) is 16.1 Å². The van der Waals surface area contributed by atoms with Gasteiger partial charge in [-0.1, -0.05) is 31.0 Å². The number of urea groups is 1. The van der Waals surface area contributed by atoms with Gasteiger partial charge in [-0.05, 0) is 25.3 Å². The van der Waals surface area contributed by atoms with Crippen LogP contribution in [-0.4, -0.2) is 34.8 Å². The highest BCUT2D eigenvalue weighted by molar-refractivity contribution is 6.07. The SMILES string of the molecule is O=C(CCCN1C(=O)NC2(CCCC2)C1=O)NCc1ccccc1F. The van der Waals surface area contributed by atoms with Crippen molar-refractivity contribution < 1.29 is 18.8 Å². The number of rotatable bonds is 6. The molecule has 1 aromatic carbocycles. The number of carbonyl (C=O) groups is 3. The summed E-state index contributed by atoms with van der Waals surface area (Å²) in [4.78, 5) is 37.6. The summed E-state index contributed by atoms with van der Waals surface area (Å²) in [5.41, 5.74) is -0.280. The minimum atomic E-state index is -0.704. The number of imide groups is 1. The summed E-state index contributed by atoms with van der Waals surface area (Å²) in [6.07, 6.45) is 3.84. The van der Waals surface area contributed by atoms with E-state index in [4.69, 9.17) is 0 Å². The molecule has 3 rings (SSSR count). The standard InChI is InChI=1S/C18H22FN3O3/c19-14-7-2-1-6-13(14)12-20-15(23)8-5-11-22-16(24)18(21-17(22)25)9-3-4-10-18/h1-2,6-7H,3-5,8-12H2,(H,20,23)(H,21,25). The molecule has 1 saturated heterocycles. The highest BCUT2D eigenvalue weighted by Gasteiger charge is 2.51. The third kappa shape index (κ3) is 3.65. The molecule has 1 aliphatic heterocycles. The maximum Gasteiger partial charge on any atom is 0.325 e. The molecular weight excluding hydrogens is 325 g/mol. The van der Waals surface area contributed by atoms with E-state index in [2.05, 4.69) is 10.6 Å². The van der Waals surface area contributed by atoms with Crippen LogP contribution >= 0.6 is 0 Å². The molecule has 7 heteroatoms. The molecule has 1 aliphatic carbocycles. The number of amides is 4. The first kappa shape index (κ1) is 17.4. The fourth-order valence-electron chi connectivity index (χ4n) is 3.52. The third-order valence-electron chi connectivity index (χ3n) is 4.92. The van der Waals surface area contributed by atoms with Crippen LogP contribution in [0.15, 0.2) is 24.3 Å². The highest BCUT2D eigenvalue weighted by Crippen LogP contribution is 2.35. The van der Waals surface area contributed by atoms with Crippen LogP contribution in [0.2, 0.25) is 0 Å². The number of nitrogens with zero attached hydrogens (tertiary/aromatic N) is 1. The zero-order valence-electron chi connectivity index (χ0n) is 14.0. The quantitative estimate of drug-likeness (QED) is 0.774. The summed E-state index contributed by atoms with van der Waals surface area (Å²) in [5.74, 6) is -0.753. The van der Waals surface area contributed by atoms with Gasteiger partial charge in [0.2, 0.25) is 5.91 Å². The Balaban J connectivity index is 1.43. The van der Waals surface area contributed by atoms with Gasteiger partial charge < -0.3 is 10.6 Å². The monoisotopic (exact) mass is 347 g/mol. The predicted octanol–water partition coefficient (Wildman–Crippen LogP) is 2.09. The average Bonchev–Trinajstić information content (AvgIpc) is 3.15. The van der Waals surface area contributed by atoms with Crippen molar-refractivity contribution in [3.8, 4) is 0 Å². The zero-order chi connectivity index (χ0) is 17.9. The molecule has 0 atom stereocenters. The normalized spacial score (nSPS) is 18.7. The van der Waals surface area contributed by atoms with Crippen LogP contribution in [0.25, 0.3) is 0 Å². The first-order chi connectivity index (χ1) is 12.0. The highest BCUT2D eigenvalue weighted by atomic mass is 19.1. The second-order valence-electron chi connectivity index (χ2n) is 6.65. The van der Waals surface area contributed by atoms with E-state index in [1.807, 2.05) is 0 Å². The number of carbonyl (C=O) groups excluding carboxylic acids is 3. The smallest absolute Gasteiger partial charge is 0.325 e. The maximum atomic E-state index is 13.5. The van der Waals surface area contributed by atoms with Crippen LogP contribution in [0, 0.1) is 5.82 Å². The van der Waals surface area contributed by atoms with E-state index in [1.54, 1.807) is 18.2 Å². The van der Waals surface area contributed by atoms with E-state index in [9.17, 15) is 18.8 Å². The summed E-state index contributed by atoms with van der Waals surface area (Å²) in [5, 5.41) is 5.47. The number of hydrogen-bond donors (Lipinski definition) is 2. The Bertz CT molecular complexity index is 686.